The zero-order chi connectivity index (χ0) is 21.7. The zero-order valence-corrected chi connectivity index (χ0v) is 16.7. The average Bonchev–Trinajstić information content (AvgIpc) is 3.27. The minimum absolute atomic E-state index is 0.0747. The third-order valence-corrected chi connectivity index (χ3v) is 4.93. The topological polar surface area (TPSA) is 98.3 Å². The van der Waals surface area contributed by atoms with E-state index in [0.29, 0.717) is 5.69 Å². The Morgan fingerprint density at radius 1 is 0.867 bits per heavy atom. The third kappa shape index (κ3) is 4.35. The van der Waals surface area contributed by atoms with Gasteiger partial charge in [-0.3, -0.25) is 4.79 Å². The molecule has 30 heavy (non-hydrogen) atoms. The highest BCUT2D eigenvalue weighted by Crippen LogP contribution is 2.21. The molecule has 1 saturated heterocycles. The molecule has 0 spiro atoms. The van der Waals surface area contributed by atoms with Gasteiger partial charge < -0.3 is 10.2 Å². The van der Waals surface area contributed by atoms with Crippen molar-refractivity contribution in [3.63, 3.8) is 0 Å². The molecule has 0 bridgehead atoms. The molecular formula is C21H25N5O4. The first-order valence-electron chi connectivity index (χ1n) is 9.77. The summed E-state index contributed by atoms with van der Waals surface area (Å²) in [7, 11) is 0. The van der Waals surface area contributed by atoms with E-state index in [-0.39, 0.29) is 13.1 Å². The Bertz CT molecular complexity index is 1070. The van der Waals surface area contributed by atoms with Crippen LogP contribution in [0.25, 0.3) is 0 Å². The van der Waals surface area contributed by atoms with Crippen molar-refractivity contribution in [3.8, 4) is 0 Å². The van der Waals surface area contributed by atoms with E-state index in [4.69, 9.17) is 0 Å². The zero-order valence-electron chi connectivity index (χ0n) is 16.7. The number of hydrogen-bond acceptors (Lipinski definition) is 5. The standard InChI is InChI=1S/C21H25N5O4/c1-3-11-24-19(28)25(12-4-2)21(30)26(20(24)29)15-18(27)22-16-7-9-17(10-8-16)23-13-5-6-14-23/h3-4,7-10H,1-2,5-6,11-15H2,(H,22,27). The molecule has 1 N–H and O–H groups in total. The minimum Gasteiger partial charge on any atom is -0.372 e. The fourth-order valence-electron chi connectivity index (χ4n) is 3.46. The predicted molar refractivity (Wildman–Crippen MR) is 116 cm³/mol. The molecule has 1 aliphatic rings. The number of carbonyl (C=O) groups is 1. The average molecular weight is 411 g/mol. The lowest BCUT2D eigenvalue weighted by Gasteiger charge is -2.18. The first-order chi connectivity index (χ1) is 14.5. The number of allylic oxidation sites excluding steroid dienone is 2. The van der Waals surface area contributed by atoms with E-state index < -0.39 is 29.5 Å². The summed E-state index contributed by atoms with van der Waals surface area (Å²) in [6.07, 6.45) is 5.09. The van der Waals surface area contributed by atoms with E-state index in [0.717, 1.165) is 32.5 Å². The highest BCUT2D eigenvalue weighted by atomic mass is 16.2. The van der Waals surface area contributed by atoms with E-state index in [1.54, 1.807) is 12.1 Å². The van der Waals surface area contributed by atoms with Crippen LogP contribution in [0.5, 0.6) is 0 Å². The van der Waals surface area contributed by atoms with Gasteiger partial charge in [0.1, 0.15) is 6.54 Å². The second-order valence-electron chi connectivity index (χ2n) is 7.02. The Kier molecular flexibility index (Phi) is 6.51. The van der Waals surface area contributed by atoms with Crippen LogP contribution in [0.1, 0.15) is 12.8 Å². The van der Waals surface area contributed by atoms with Gasteiger partial charge in [-0.05, 0) is 37.1 Å². The van der Waals surface area contributed by atoms with Gasteiger partial charge in [0.15, 0.2) is 0 Å². The van der Waals surface area contributed by atoms with Crippen molar-refractivity contribution in [1.82, 2.24) is 13.7 Å². The van der Waals surface area contributed by atoms with Crippen LogP contribution in [0, 0.1) is 0 Å². The molecule has 1 aliphatic heterocycles. The molecule has 0 aliphatic carbocycles. The van der Waals surface area contributed by atoms with Crippen LogP contribution < -0.4 is 27.3 Å². The fraction of sp³-hybridized carbons (Fsp3) is 0.333. The Hall–Kier alpha value is -3.62. The third-order valence-electron chi connectivity index (χ3n) is 4.93. The molecule has 9 nitrogen and oxygen atoms in total. The normalized spacial score (nSPS) is 13.3. The quantitative estimate of drug-likeness (QED) is 0.648. The van der Waals surface area contributed by atoms with Crippen molar-refractivity contribution in [2.45, 2.75) is 32.5 Å². The number of nitrogens with one attached hydrogen (secondary N) is 1. The molecule has 1 amide bonds. The lowest BCUT2D eigenvalue weighted by atomic mass is 10.2. The van der Waals surface area contributed by atoms with Gasteiger partial charge in [-0.2, -0.15) is 0 Å². The minimum atomic E-state index is -0.857. The van der Waals surface area contributed by atoms with Crippen LogP contribution >= 0.6 is 0 Å². The maximum Gasteiger partial charge on any atom is 0.337 e. The second-order valence-corrected chi connectivity index (χ2v) is 7.02. The molecule has 1 aromatic heterocycles. The molecule has 0 radical (unpaired) electrons. The van der Waals surface area contributed by atoms with E-state index in [9.17, 15) is 19.2 Å². The van der Waals surface area contributed by atoms with Crippen LogP contribution in [0.3, 0.4) is 0 Å². The molecule has 0 saturated carbocycles. The monoisotopic (exact) mass is 411 g/mol. The molecule has 1 aromatic carbocycles. The summed E-state index contributed by atoms with van der Waals surface area (Å²) < 4.78 is 2.45. The number of rotatable bonds is 8. The van der Waals surface area contributed by atoms with Crippen LogP contribution in [-0.2, 0) is 24.4 Å². The predicted octanol–water partition coefficient (Wildman–Crippen LogP) is 0.783. The van der Waals surface area contributed by atoms with E-state index in [1.807, 2.05) is 12.1 Å². The van der Waals surface area contributed by atoms with Crippen molar-refractivity contribution in [2.75, 3.05) is 23.3 Å². The van der Waals surface area contributed by atoms with Gasteiger partial charge in [0, 0.05) is 24.5 Å². The van der Waals surface area contributed by atoms with Gasteiger partial charge >= 0.3 is 17.1 Å². The molecular weight excluding hydrogens is 386 g/mol. The molecule has 3 rings (SSSR count). The summed E-state index contributed by atoms with van der Waals surface area (Å²) in [5.41, 5.74) is -0.833. The lowest BCUT2D eigenvalue weighted by Crippen LogP contribution is -2.55. The maximum atomic E-state index is 12.6. The largest absolute Gasteiger partial charge is 0.372 e. The molecule has 0 atom stereocenters. The summed E-state index contributed by atoms with van der Waals surface area (Å²) in [6.45, 7) is 8.42. The maximum absolute atomic E-state index is 12.6. The van der Waals surface area contributed by atoms with Crippen molar-refractivity contribution in [2.24, 2.45) is 0 Å². The number of aromatic nitrogens is 3. The van der Waals surface area contributed by atoms with Crippen molar-refractivity contribution < 1.29 is 4.79 Å². The smallest absolute Gasteiger partial charge is 0.337 e. The van der Waals surface area contributed by atoms with E-state index >= 15 is 0 Å². The van der Waals surface area contributed by atoms with Gasteiger partial charge in [0.2, 0.25) is 5.91 Å². The summed E-state index contributed by atoms with van der Waals surface area (Å²) in [5, 5.41) is 2.69. The summed E-state index contributed by atoms with van der Waals surface area (Å²) in [4.78, 5) is 52.3. The van der Waals surface area contributed by atoms with Gasteiger partial charge in [0.25, 0.3) is 0 Å². The lowest BCUT2D eigenvalue weighted by molar-refractivity contribution is -0.116. The van der Waals surface area contributed by atoms with Crippen molar-refractivity contribution in [3.05, 3.63) is 81.0 Å². The second kappa shape index (κ2) is 9.25. The highest BCUT2D eigenvalue weighted by Gasteiger charge is 2.17. The molecule has 0 unspecified atom stereocenters. The molecule has 2 aromatic rings. The SMILES string of the molecule is C=CCn1c(=O)n(CC=C)c(=O)n(CC(=O)Nc2ccc(N3CCCC3)cc2)c1=O. The molecule has 2 heterocycles. The first-order valence-corrected chi connectivity index (χ1v) is 9.77. The van der Waals surface area contributed by atoms with Crippen LogP contribution in [-0.4, -0.2) is 32.7 Å². The highest BCUT2D eigenvalue weighted by molar-refractivity contribution is 5.90. The summed E-state index contributed by atoms with van der Waals surface area (Å²) in [5.74, 6) is -0.544. The van der Waals surface area contributed by atoms with E-state index in [1.165, 1.54) is 25.0 Å². The van der Waals surface area contributed by atoms with Crippen LogP contribution in [0.15, 0.2) is 64.0 Å². The van der Waals surface area contributed by atoms with Crippen LogP contribution in [0.2, 0.25) is 0 Å². The van der Waals surface area contributed by atoms with Crippen molar-refractivity contribution >= 4 is 17.3 Å². The summed E-state index contributed by atoms with van der Waals surface area (Å²) >= 11 is 0. The fourth-order valence-corrected chi connectivity index (χ4v) is 3.46. The molecule has 1 fully saturated rings. The van der Waals surface area contributed by atoms with Gasteiger partial charge in [0.05, 0.1) is 13.1 Å². The number of nitrogens with zero attached hydrogens (tertiary/aromatic N) is 4. The van der Waals surface area contributed by atoms with Crippen LogP contribution in [0.4, 0.5) is 11.4 Å². The Balaban J connectivity index is 1.82. The van der Waals surface area contributed by atoms with Gasteiger partial charge in [-0.15, -0.1) is 13.2 Å². The number of hydrogen-bond donors (Lipinski definition) is 1. The molecule has 9 heteroatoms. The Labute approximate surface area is 173 Å². The van der Waals surface area contributed by atoms with E-state index in [2.05, 4.69) is 23.4 Å². The van der Waals surface area contributed by atoms with Crippen molar-refractivity contribution in [1.29, 1.82) is 0 Å². The number of benzene rings is 1. The number of anilines is 2. The first kappa shape index (κ1) is 21.1. The Morgan fingerprint density at radius 2 is 1.37 bits per heavy atom. The molecule has 158 valence electrons. The van der Waals surface area contributed by atoms with Gasteiger partial charge in [-0.25, -0.2) is 28.1 Å². The number of amides is 1. The van der Waals surface area contributed by atoms with Gasteiger partial charge in [-0.1, -0.05) is 12.2 Å². The Morgan fingerprint density at radius 3 is 1.87 bits per heavy atom. The summed E-state index contributed by atoms with van der Waals surface area (Å²) in [6, 6.07) is 7.41. The number of carbonyl (C=O) groups excluding carboxylic acids is 1.